The molecule has 8 nitrogen and oxygen atoms in total. The first-order valence-corrected chi connectivity index (χ1v) is 9.48. The molecular formula is C21H22N2O6. The Morgan fingerprint density at radius 3 is 2.76 bits per heavy atom. The highest BCUT2D eigenvalue weighted by Crippen LogP contribution is 2.19. The van der Waals surface area contributed by atoms with Crippen LogP contribution in [-0.2, 0) is 9.53 Å². The lowest BCUT2D eigenvalue weighted by molar-refractivity contribution is -0.123. The third kappa shape index (κ3) is 5.78. The van der Waals surface area contributed by atoms with Gasteiger partial charge in [-0.25, -0.2) is 9.59 Å². The Hall–Kier alpha value is -3.42. The fourth-order valence-corrected chi connectivity index (χ4v) is 3.08. The van der Waals surface area contributed by atoms with Gasteiger partial charge in [0.1, 0.15) is 5.58 Å². The number of ether oxygens (including phenoxy) is 1. The van der Waals surface area contributed by atoms with Crippen LogP contribution >= 0.6 is 0 Å². The van der Waals surface area contributed by atoms with Crippen LogP contribution in [0, 0.1) is 0 Å². The molecule has 152 valence electrons. The minimum Gasteiger partial charge on any atom is -0.450 e. The predicted octanol–water partition coefficient (Wildman–Crippen LogP) is 2.67. The number of hydrogen-bond acceptors (Lipinski definition) is 6. The standard InChI is InChI=1S/C21H22N2O6/c24-16-12-18(29-17-9-5-4-8-15(16)17)20(26)28-13-19(25)23-21(27)22-11-10-14-6-2-1-3-7-14/h4-6,8-9,12H,1-3,7,10-11,13H2,(H2,22,23,25,27). The molecule has 0 unspecified atom stereocenters. The normalized spacial score (nSPS) is 13.4. The van der Waals surface area contributed by atoms with Gasteiger partial charge >= 0.3 is 12.0 Å². The summed E-state index contributed by atoms with van der Waals surface area (Å²) in [6.07, 6.45) is 7.43. The molecule has 0 spiro atoms. The molecule has 0 saturated carbocycles. The number of allylic oxidation sites excluding steroid dienone is 1. The molecule has 0 bridgehead atoms. The summed E-state index contributed by atoms with van der Waals surface area (Å²) < 4.78 is 10.2. The zero-order valence-corrected chi connectivity index (χ0v) is 15.9. The molecule has 0 fully saturated rings. The Balaban J connectivity index is 1.44. The number of esters is 1. The molecule has 0 aliphatic heterocycles. The Morgan fingerprint density at radius 1 is 1.14 bits per heavy atom. The van der Waals surface area contributed by atoms with E-state index in [0.29, 0.717) is 11.9 Å². The van der Waals surface area contributed by atoms with Crippen LogP contribution in [0.2, 0.25) is 0 Å². The summed E-state index contributed by atoms with van der Waals surface area (Å²) in [6.45, 7) is -0.249. The summed E-state index contributed by atoms with van der Waals surface area (Å²) in [5.74, 6) is -2.06. The van der Waals surface area contributed by atoms with Crippen molar-refractivity contribution < 1.29 is 23.5 Å². The average Bonchev–Trinajstić information content (AvgIpc) is 2.72. The van der Waals surface area contributed by atoms with Crippen molar-refractivity contribution in [1.29, 1.82) is 0 Å². The van der Waals surface area contributed by atoms with Crippen molar-refractivity contribution in [3.63, 3.8) is 0 Å². The highest BCUT2D eigenvalue weighted by Gasteiger charge is 2.16. The molecule has 3 amide bonds. The predicted molar refractivity (Wildman–Crippen MR) is 105 cm³/mol. The van der Waals surface area contributed by atoms with Gasteiger partial charge in [-0.05, 0) is 44.2 Å². The number of amides is 3. The molecule has 0 atom stereocenters. The van der Waals surface area contributed by atoms with Crippen LogP contribution in [0.15, 0.2) is 51.2 Å². The van der Waals surface area contributed by atoms with Crippen LogP contribution < -0.4 is 16.1 Å². The van der Waals surface area contributed by atoms with Crippen LogP contribution in [-0.4, -0.2) is 31.1 Å². The van der Waals surface area contributed by atoms with Gasteiger partial charge in [-0.3, -0.25) is 14.9 Å². The summed E-state index contributed by atoms with van der Waals surface area (Å²) in [7, 11) is 0. The molecule has 0 radical (unpaired) electrons. The van der Waals surface area contributed by atoms with Crippen LogP contribution in [0.25, 0.3) is 11.0 Å². The average molecular weight is 398 g/mol. The summed E-state index contributed by atoms with van der Waals surface area (Å²) in [4.78, 5) is 47.6. The van der Waals surface area contributed by atoms with E-state index < -0.39 is 29.9 Å². The van der Waals surface area contributed by atoms with Gasteiger partial charge in [-0.1, -0.05) is 23.8 Å². The third-order valence-corrected chi connectivity index (χ3v) is 4.54. The largest absolute Gasteiger partial charge is 0.450 e. The van der Waals surface area contributed by atoms with E-state index in [1.54, 1.807) is 24.3 Å². The molecule has 1 aliphatic rings. The van der Waals surface area contributed by atoms with Gasteiger partial charge in [0, 0.05) is 12.6 Å². The highest BCUT2D eigenvalue weighted by molar-refractivity contribution is 5.96. The fourth-order valence-electron chi connectivity index (χ4n) is 3.08. The fraction of sp³-hybridized carbons (Fsp3) is 0.333. The number of carbonyl (C=O) groups excluding carboxylic acids is 3. The number of fused-ring (bicyclic) bond motifs is 1. The third-order valence-electron chi connectivity index (χ3n) is 4.54. The van der Waals surface area contributed by atoms with Crippen LogP contribution in [0.5, 0.6) is 0 Å². The van der Waals surface area contributed by atoms with Crippen molar-refractivity contribution in [2.24, 2.45) is 0 Å². The Morgan fingerprint density at radius 2 is 1.97 bits per heavy atom. The number of imide groups is 1. The van der Waals surface area contributed by atoms with Crippen molar-refractivity contribution in [2.45, 2.75) is 32.1 Å². The maximum absolute atomic E-state index is 12.0. The van der Waals surface area contributed by atoms with Gasteiger partial charge in [-0.15, -0.1) is 0 Å². The van der Waals surface area contributed by atoms with Crippen LogP contribution in [0.1, 0.15) is 42.7 Å². The Labute approximate surface area is 166 Å². The van der Waals surface area contributed by atoms with Crippen molar-refractivity contribution in [1.82, 2.24) is 10.6 Å². The van der Waals surface area contributed by atoms with E-state index in [9.17, 15) is 19.2 Å². The van der Waals surface area contributed by atoms with Gasteiger partial charge < -0.3 is 14.5 Å². The maximum atomic E-state index is 12.0. The second-order valence-electron chi connectivity index (χ2n) is 6.71. The molecule has 29 heavy (non-hydrogen) atoms. The number of hydrogen-bond donors (Lipinski definition) is 2. The lowest BCUT2D eigenvalue weighted by Crippen LogP contribution is -2.41. The van der Waals surface area contributed by atoms with E-state index >= 15 is 0 Å². The quantitative estimate of drug-likeness (QED) is 0.571. The second kappa shape index (κ2) is 9.68. The van der Waals surface area contributed by atoms with E-state index in [1.807, 2.05) is 0 Å². The molecule has 1 heterocycles. The van der Waals surface area contributed by atoms with Gasteiger partial charge in [0.25, 0.3) is 5.91 Å². The Kier molecular flexibility index (Phi) is 6.78. The lowest BCUT2D eigenvalue weighted by atomic mass is 9.97. The molecule has 1 aromatic carbocycles. The van der Waals surface area contributed by atoms with Gasteiger partial charge in [-0.2, -0.15) is 0 Å². The first-order valence-electron chi connectivity index (χ1n) is 9.48. The molecule has 2 N–H and O–H groups in total. The van der Waals surface area contributed by atoms with Crippen molar-refractivity contribution in [2.75, 3.05) is 13.2 Å². The van der Waals surface area contributed by atoms with Crippen LogP contribution in [0.4, 0.5) is 4.79 Å². The summed E-state index contributed by atoms with van der Waals surface area (Å²) in [5.41, 5.74) is 1.16. The lowest BCUT2D eigenvalue weighted by Gasteiger charge is -2.13. The van der Waals surface area contributed by atoms with Gasteiger partial charge in [0.2, 0.25) is 5.76 Å². The van der Waals surface area contributed by atoms with Crippen molar-refractivity contribution in [3.8, 4) is 0 Å². The minimum absolute atomic E-state index is 0.240. The maximum Gasteiger partial charge on any atom is 0.374 e. The highest BCUT2D eigenvalue weighted by atomic mass is 16.5. The van der Waals surface area contributed by atoms with Gasteiger partial charge in [0.05, 0.1) is 5.39 Å². The summed E-state index contributed by atoms with van der Waals surface area (Å²) >= 11 is 0. The smallest absolute Gasteiger partial charge is 0.374 e. The van der Waals surface area contributed by atoms with Crippen molar-refractivity contribution >= 4 is 28.9 Å². The molecule has 3 rings (SSSR count). The zero-order valence-electron chi connectivity index (χ0n) is 15.9. The number of nitrogens with one attached hydrogen (secondary N) is 2. The number of para-hydroxylation sites is 1. The first-order chi connectivity index (χ1) is 14.0. The molecule has 0 saturated heterocycles. The molecule has 2 aromatic rings. The molecular weight excluding hydrogens is 376 g/mol. The molecule has 1 aromatic heterocycles. The monoisotopic (exact) mass is 398 g/mol. The minimum atomic E-state index is -0.965. The zero-order chi connectivity index (χ0) is 20.6. The van der Waals surface area contributed by atoms with E-state index in [0.717, 1.165) is 25.3 Å². The van der Waals surface area contributed by atoms with E-state index in [-0.39, 0.29) is 11.3 Å². The summed E-state index contributed by atoms with van der Waals surface area (Å²) in [6, 6.07) is 6.83. The second-order valence-corrected chi connectivity index (χ2v) is 6.71. The first kappa shape index (κ1) is 20.3. The van der Waals surface area contributed by atoms with E-state index in [4.69, 9.17) is 9.15 Å². The molecule has 1 aliphatic carbocycles. The number of rotatable bonds is 6. The Bertz CT molecular complexity index is 1010. The van der Waals surface area contributed by atoms with Crippen molar-refractivity contribution in [3.05, 3.63) is 58.0 Å². The van der Waals surface area contributed by atoms with E-state index in [1.165, 1.54) is 18.4 Å². The number of carbonyl (C=O) groups is 3. The van der Waals surface area contributed by atoms with Crippen LogP contribution in [0.3, 0.4) is 0 Å². The topological polar surface area (TPSA) is 115 Å². The number of benzene rings is 1. The summed E-state index contributed by atoms with van der Waals surface area (Å²) in [5, 5.41) is 5.02. The van der Waals surface area contributed by atoms with E-state index in [2.05, 4.69) is 16.7 Å². The number of urea groups is 1. The SMILES string of the molecule is O=C(COC(=O)c1cc(=O)c2ccccc2o1)NC(=O)NCCC1=CCCCC1. The molecule has 8 heteroatoms. The van der Waals surface area contributed by atoms with Gasteiger partial charge in [0.15, 0.2) is 12.0 Å².